The second kappa shape index (κ2) is 5.20. The Balaban J connectivity index is 2.79. The van der Waals surface area contributed by atoms with Crippen molar-refractivity contribution >= 4 is 17.3 Å². The van der Waals surface area contributed by atoms with Crippen molar-refractivity contribution in [3.63, 3.8) is 0 Å². The minimum atomic E-state index is -0.249. The Labute approximate surface area is 89.3 Å². The summed E-state index contributed by atoms with van der Waals surface area (Å²) in [5.41, 5.74) is 0.492. The van der Waals surface area contributed by atoms with Gasteiger partial charge in [-0.25, -0.2) is 4.39 Å². The highest BCUT2D eigenvalue weighted by molar-refractivity contribution is 6.30. The Morgan fingerprint density at radius 1 is 1.36 bits per heavy atom. The molecule has 1 rings (SSSR count). The molecule has 0 aliphatic heterocycles. The Hall–Kier alpha value is -0.760. The fraction of sp³-hybridized carbons (Fsp3) is 0.455. The SMILES string of the molecule is CCC(CC)Nc1cc(Cl)ccc1F. The van der Waals surface area contributed by atoms with E-state index in [2.05, 4.69) is 19.2 Å². The fourth-order valence-corrected chi connectivity index (χ4v) is 1.49. The average Bonchev–Trinajstić information content (AvgIpc) is 2.19. The highest BCUT2D eigenvalue weighted by Gasteiger charge is 2.07. The number of hydrogen-bond acceptors (Lipinski definition) is 1. The minimum Gasteiger partial charge on any atom is -0.380 e. The molecule has 0 aromatic heterocycles. The van der Waals surface area contributed by atoms with E-state index in [1.165, 1.54) is 6.07 Å². The lowest BCUT2D eigenvalue weighted by atomic mass is 10.1. The van der Waals surface area contributed by atoms with Gasteiger partial charge in [0.1, 0.15) is 5.82 Å². The molecule has 0 aliphatic carbocycles. The summed E-state index contributed by atoms with van der Waals surface area (Å²) in [7, 11) is 0. The van der Waals surface area contributed by atoms with Gasteiger partial charge in [0.25, 0.3) is 0 Å². The van der Waals surface area contributed by atoms with Crippen LogP contribution in [-0.2, 0) is 0 Å². The normalized spacial score (nSPS) is 10.6. The van der Waals surface area contributed by atoms with Gasteiger partial charge in [-0.1, -0.05) is 25.4 Å². The van der Waals surface area contributed by atoms with Gasteiger partial charge in [0.2, 0.25) is 0 Å². The van der Waals surface area contributed by atoms with E-state index in [1.807, 2.05) is 0 Å². The molecule has 14 heavy (non-hydrogen) atoms. The van der Waals surface area contributed by atoms with Gasteiger partial charge in [-0.3, -0.25) is 0 Å². The highest BCUT2D eigenvalue weighted by atomic mass is 35.5. The van der Waals surface area contributed by atoms with Crippen LogP contribution in [0.1, 0.15) is 26.7 Å². The lowest BCUT2D eigenvalue weighted by Gasteiger charge is -2.16. The molecular weight excluding hydrogens is 201 g/mol. The first-order chi connectivity index (χ1) is 6.67. The number of nitrogens with one attached hydrogen (secondary N) is 1. The maximum atomic E-state index is 13.3. The highest BCUT2D eigenvalue weighted by Crippen LogP contribution is 2.21. The second-order valence-electron chi connectivity index (χ2n) is 3.28. The second-order valence-corrected chi connectivity index (χ2v) is 3.72. The predicted molar refractivity (Wildman–Crippen MR) is 59.4 cm³/mol. The first-order valence-corrected chi connectivity index (χ1v) is 5.26. The van der Waals surface area contributed by atoms with Gasteiger partial charge >= 0.3 is 0 Å². The monoisotopic (exact) mass is 215 g/mol. The molecule has 1 N–H and O–H groups in total. The molecule has 0 spiro atoms. The Morgan fingerprint density at radius 2 is 2.00 bits per heavy atom. The van der Waals surface area contributed by atoms with Crippen LogP contribution in [0.15, 0.2) is 18.2 Å². The fourth-order valence-electron chi connectivity index (χ4n) is 1.32. The van der Waals surface area contributed by atoms with Crippen LogP contribution in [0.2, 0.25) is 5.02 Å². The van der Waals surface area contributed by atoms with Crippen molar-refractivity contribution in [2.24, 2.45) is 0 Å². The van der Waals surface area contributed by atoms with Crippen molar-refractivity contribution in [3.8, 4) is 0 Å². The molecule has 0 saturated carbocycles. The molecule has 1 aromatic rings. The lowest BCUT2D eigenvalue weighted by Crippen LogP contribution is -2.17. The summed E-state index contributed by atoms with van der Waals surface area (Å²) in [6.07, 6.45) is 1.95. The Kier molecular flexibility index (Phi) is 4.21. The molecule has 0 bridgehead atoms. The quantitative estimate of drug-likeness (QED) is 0.798. The lowest BCUT2D eigenvalue weighted by molar-refractivity contribution is 0.615. The van der Waals surface area contributed by atoms with Crippen molar-refractivity contribution in [3.05, 3.63) is 29.0 Å². The summed E-state index contributed by atoms with van der Waals surface area (Å²) in [4.78, 5) is 0. The van der Waals surface area contributed by atoms with Gasteiger partial charge in [-0.05, 0) is 31.0 Å². The molecule has 0 saturated heterocycles. The molecule has 0 atom stereocenters. The number of benzene rings is 1. The van der Waals surface area contributed by atoms with Crippen LogP contribution in [-0.4, -0.2) is 6.04 Å². The topological polar surface area (TPSA) is 12.0 Å². The van der Waals surface area contributed by atoms with Crippen LogP contribution >= 0.6 is 11.6 Å². The van der Waals surface area contributed by atoms with Crippen molar-refractivity contribution in [1.82, 2.24) is 0 Å². The summed E-state index contributed by atoms with van der Waals surface area (Å²) in [5, 5.41) is 3.68. The maximum Gasteiger partial charge on any atom is 0.146 e. The van der Waals surface area contributed by atoms with E-state index in [4.69, 9.17) is 11.6 Å². The Morgan fingerprint density at radius 3 is 2.57 bits per heavy atom. The third-order valence-electron chi connectivity index (χ3n) is 2.27. The molecule has 0 heterocycles. The third-order valence-corrected chi connectivity index (χ3v) is 2.51. The Bertz CT molecular complexity index is 297. The van der Waals surface area contributed by atoms with E-state index in [-0.39, 0.29) is 5.82 Å². The molecule has 0 aliphatic rings. The summed E-state index contributed by atoms with van der Waals surface area (Å²) in [6, 6.07) is 4.86. The molecule has 1 aromatic carbocycles. The van der Waals surface area contributed by atoms with Crippen LogP contribution in [0.25, 0.3) is 0 Å². The van der Waals surface area contributed by atoms with Crippen LogP contribution < -0.4 is 5.32 Å². The van der Waals surface area contributed by atoms with Gasteiger partial charge < -0.3 is 5.32 Å². The molecule has 0 amide bonds. The van der Waals surface area contributed by atoms with Crippen LogP contribution in [0.3, 0.4) is 0 Å². The summed E-state index contributed by atoms with van der Waals surface area (Å²) in [5.74, 6) is -0.249. The summed E-state index contributed by atoms with van der Waals surface area (Å²) < 4.78 is 13.3. The molecule has 0 unspecified atom stereocenters. The number of anilines is 1. The third kappa shape index (κ3) is 2.88. The van der Waals surface area contributed by atoms with E-state index < -0.39 is 0 Å². The van der Waals surface area contributed by atoms with Gasteiger partial charge in [0, 0.05) is 11.1 Å². The van der Waals surface area contributed by atoms with Crippen molar-refractivity contribution < 1.29 is 4.39 Å². The summed E-state index contributed by atoms with van der Waals surface area (Å²) >= 11 is 5.78. The molecule has 1 nitrogen and oxygen atoms in total. The standard InChI is InChI=1S/C11H15ClFN/c1-3-9(4-2)14-11-7-8(12)5-6-10(11)13/h5-7,9,14H,3-4H2,1-2H3. The zero-order valence-corrected chi connectivity index (χ0v) is 9.24. The molecule has 3 heteroatoms. The van der Waals surface area contributed by atoms with Gasteiger partial charge in [0.15, 0.2) is 0 Å². The van der Waals surface area contributed by atoms with Crippen LogP contribution in [0.5, 0.6) is 0 Å². The van der Waals surface area contributed by atoms with Crippen LogP contribution in [0.4, 0.5) is 10.1 Å². The minimum absolute atomic E-state index is 0.249. The zero-order chi connectivity index (χ0) is 10.6. The number of hydrogen-bond donors (Lipinski definition) is 1. The molecule has 0 fully saturated rings. The molecule has 0 radical (unpaired) electrons. The van der Waals surface area contributed by atoms with Gasteiger partial charge in [-0.2, -0.15) is 0 Å². The van der Waals surface area contributed by atoms with E-state index >= 15 is 0 Å². The van der Waals surface area contributed by atoms with Crippen molar-refractivity contribution in [1.29, 1.82) is 0 Å². The predicted octanol–water partition coefficient (Wildman–Crippen LogP) is 4.08. The first kappa shape index (κ1) is 11.3. The maximum absolute atomic E-state index is 13.3. The van der Waals surface area contributed by atoms with Gasteiger partial charge in [-0.15, -0.1) is 0 Å². The number of rotatable bonds is 4. The zero-order valence-electron chi connectivity index (χ0n) is 8.48. The molecule has 78 valence electrons. The van der Waals surface area contributed by atoms with E-state index in [1.54, 1.807) is 12.1 Å². The van der Waals surface area contributed by atoms with E-state index in [9.17, 15) is 4.39 Å². The average molecular weight is 216 g/mol. The van der Waals surface area contributed by atoms with E-state index in [0.29, 0.717) is 16.8 Å². The largest absolute Gasteiger partial charge is 0.380 e. The molecular formula is C11H15ClFN. The van der Waals surface area contributed by atoms with Crippen molar-refractivity contribution in [2.75, 3.05) is 5.32 Å². The van der Waals surface area contributed by atoms with E-state index in [0.717, 1.165) is 12.8 Å². The van der Waals surface area contributed by atoms with Crippen LogP contribution in [0, 0.1) is 5.82 Å². The summed E-state index contributed by atoms with van der Waals surface area (Å²) in [6.45, 7) is 4.15. The van der Waals surface area contributed by atoms with Gasteiger partial charge in [0.05, 0.1) is 5.69 Å². The first-order valence-electron chi connectivity index (χ1n) is 4.89. The van der Waals surface area contributed by atoms with Crippen molar-refractivity contribution in [2.45, 2.75) is 32.7 Å². The smallest absolute Gasteiger partial charge is 0.146 e. The number of halogens is 2.